The van der Waals surface area contributed by atoms with Crippen LogP contribution in [0.25, 0.3) is 0 Å². The number of hydrogen-bond acceptors (Lipinski definition) is 4. The van der Waals surface area contributed by atoms with E-state index in [0.717, 1.165) is 6.54 Å². The number of fused-ring (bicyclic) bond motifs is 1. The molecule has 5 nitrogen and oxygen atoms in total. The second-order valence-electron chi connectivity index (χ2n) is 6.10. The molecule has 2 aliphatic rings. The average Bonchev–Trinajstić information content (AvgIpc) is 3.13. The highest BCUT2D eigenvalue weighted by Gasteiger charge is 2.34. The molecule has 2 atom stereocenters. The second kappa shape index (κ2) is 6.53. The first kappa shape index (κ1) is 15.0. The van der Waals surface area contributed by atoms with Gasteiger partial charge >= 0.3 is 0 Å². The highest BCUT2D eigenvalue weighted by molar-refractivity contribution is 5.95. The Kier molecular flexibility index (Phi) is 4.09. The lowest BCUT2D eigenvalue weighted by molar-refractivity contribution is -0.119. The van der Waals surface area contributed by atoms with Crippen molar-refractivity contribution in [1.82, 2.24) is 5.32 Å². The predicted molar refractivity (Wildman–Crippen MR) is 91.6 cm³/mol. The van der Waals surface area contributed by atoms with E-state index < -0.39 is 0 Å². The summed E-state index contributed by atoms with van der Waals surface area (Å²) in [5.41, 5.74) is 1.87. The molecule has 1 saturated heterocycles. The van der Waals surface area contributed by atoms with Gasteiger partial charge in [-0.2, -0.15) is 0 Å². The van der Waals surface area contributed by atoms with E-state index in [1.165, 1.54) is 5.56 Å². The molecule has 2 aromatic carbocycles. The summed E-state index contributed by atoms with van der Waals surface area (Å²) in [4.78, 5) is 12.8. The van der Waals surface area contributed by atoms with Crippen LogP contribution in [-0.2, 0) is 4.79 Å². The van der Waals surface area contributed by atoms with Gasteiger partial charge in [-0.05, 0) is 17.7 Å². The molecular formula is C19H20N2O3. The fourth-order valence-corrected chi connectivity index (χ4v) is 3.40. The van der Waals surface area contributed by atoms with E-state index in [1.54, 1.807) is 0 Å². The smallest absolute Gasteiger partial charge is 0.229 e. The molecule has 2 heterocycles. The van der Waals surface area contributed by atoms with E-state index in [-0.39, 0.29) is 17.7 Å². The number of amides is 1. The molecule has 0 radical (unpaired) electrons. The molecule has 24 heavy (non-hydrogen) atoms. The van der Waals surface area contributed by atoms with Crippen molar-refractivity contribution in [2.75, 3.05) is 31.6 Å². The van der Waals surface area contributed by atoms with Gasteiger partial charge in [0.05, 0.1) is 11.6 Å². The Morgan fingerprint density at radius 3 is 2.71 bits per heavy atom. The number of ether oxygens (including phenoxy) is 2. The van der Waals surface area contributed by atoms with Crippen molar-refractivity contribution < 1.29 is 14.3 Å². The van der Waals surface area contributed by atoms with Crippen LogP contribution >= 0.6 is 0 Å². The van der Waals surface area contributed by atoms with E-state index in [2.05, 4.69) is 22.8 Å². The first-order valence-corrected chi connectivity index (χ1v) is 8.28. The minimum absolute atomic E-state index is 0.0106. The molecule has 2 N–H and O–H groups in total. The molecule has 0 saturated carbocycles. The molecule has 2 aliphatic heterocycles. The zero-order valence-electron chi connectivity index (χ0n) is 13.3. The summed E-state index contributed by atoms with van der Waals surface area (Å²) in [6, 6.07) is 15.8. The second-order valence-corrected chi connectivity index (χ2v) is 6.10. The van der Waals surface area contributed by atoms with E-state index in [9.17, 15) is 4.79 Å². The Hall–Kier alpha value is -2.53. The van der Waals surface area contributed by atoms with E-state index >= 15 is 0 Å². The van der Waals surface area contributed by atoms with E-state index in [4.69, 9.17) is 9.47 Å². The Bertz CT molecular complexity index is 733. The topological polar surface area (TPSA) is 59.6 Å². The minimum atomic E-state index is -0.104. The largest absolute Gasteiger partial charge is 0.486 e. The van der Waals surface area contributed by atoms with Gasteiger partial charge in [-0.25, -0.2) is 0 Å². The maximum Gasteiger partial charge on any atom is 0.229 e. The SMILES string of the molecule is O=C(Nc1cccc2c1OCCO2)C1CNCC1c1ccccc1. The number of carbonyl (C=O) groups is 1. The number of hydrogen-bond donors (Lipinski definition) is 2. The van der Waals surface area contributed by atoms with Gasteiger partial charge in [0, 0.05) is 19.0 Å². The number of carbonyl (C=O) groups excluding carboxylic acids is 1. The van der Waals surface area contributed by atoms with E-state index in [0.29, 0.717) is 36.9 Å². The maximum absolute atomic E-state index is 12.8. The standard InChI is InChI=1S/C19H20N2O3/c22-19(15-12-20-11-14(15)13-5-2-1-3-6-13)21-16-7-4-8-17-18(16)24-10-9-23-17/h1-8,14-15,20H,9-12H2,(H,21,22). The van der Waals surface area contributed by atoms with Gasteiger partial charge in [0.15, 0.2) is 11.5 Å². The third-order valence-corrected chi connectivity index (χ3v) is 4.60. The summed E-state index contributed by atoms with van der Waals surface area (Å²) < 4.78 is 11.2. The van der Waals surface area contributed by atoms with Gasteiger partial charge < -0.3 is 20.1 Å². The van der Waals surface area contributed by atoms with Gasteiger partial charge in [0.1, 0.15) is 13.2 Å². The van der Waals surface area contributed by atoms with Gasteiger partial charge in [-0.1, -0.05) is 36.4 Å². The Labute approximate surface area is 141 Å². The first-order valence-electron chi connectivity index (χ1n) is 8.28. The quantitative estimate of drug-likeness (QED) is 0.910. The third-order valence-electron chi connectivity index (χ3n) is 4.60. The molecule has 0 aliphatic carbocycles. The minimum Gasteiger partial charge on any atom is -0.486 e. The highest BCUT2D eigenvalue weighted by atomic mass is 16.6. The Morgan fingerprint density at radius 2 is 1.83 bits per heavy atom. The number of rotatable bonds is 3. The van der Waals surface area contributed by atoms with Crippen molar-refractivity contribution in [2.24, 2.45) is 5.92 Å². The molecule has 2 aromatic rings. The van der Waals surface area contributed by atoms with Crippen molar-refractivity contribution in [3.05, 3.63) is 54.1 Å². The van der Waals surface area contributed by atoms with E-state index in [1.807, 2.05) is 36.4 Å². The van der Waals surface area contributed by atoms with Gasteiger partial charge in [0.25, 0.3) is 0 Å². The number of anilines is 1. The summed E-state index contributed by atoms with van der Waals surface area (Å²) in [7, 11) is 0. The lowest BCUT2D eigenvalue weighted by Crippen LogP contribution is -2.28. The highest BCUT2D eigenvalue weighted by Crippen LogP contribution is 2.38. The van der Waals surface area contributed by atoms with Crippen LogP contribution in [0.3, 0.4) is 0 Å². The normalized spacial score (nSPS) is 22.2. The zero-order valence-corrected chi connectivity index (χ0v) is 13.3. The molecule has 1 fully saturated rings. The van der Waals surface area contributed by atoms with Gasteiger partial charge in [-0.3, -0.25) is 4.79 Å². The monoisotopic (exact) mass is 324 g/mol. The van der Waals surface area contributed by atoms with Gasteiger partial charge in [0.2, 0.25) is 5.91 Å². The average molecular weight is 324 g/mol. The first-order chi connectivity index (χ1) is 11.8. The van der Waals surface area contributed by atoms with Gasteiger partial charge in [-0.15, -0.1) is 0 Å². The lowest BCUT2D eigenvalue weighted by atomic mass is 9.88. The Balaban J connectivity index is 1.54. The van der Waals surface area contributed by atoms with Crippen LogP contribution < -0.4 is 20.1 Å². The fraction of sp³-hybridized carbons (Fsp3) is 0.316. The summed E-state index contributed by atoms with van der Waals surface area (Å²) in [6.45, 7) is 2.52. The molecule has 0 spiro atoms. The van der Waals surface area contributed by atoms with Crippen LogP contribution in [0.1, 0.15) is 11.5 Å². The van der Waals surface area contributed by atoms with Crippen molar-refractivity contribution >= 4 is 11.6 Å². The zero-order chi connectivity index (χ0) is 16.4. The summed E-state index contributed by atoms with van der Waals surface area (Å²) in [5.74, 6) is 1.40. The Morgan fingerprint density at radius 1 is 1.00 bits per heavy atom. The number of nitrogens with one attached hydrogen (secondary N) is 2. The molecular weight excluding hydrogens is 304 g/mol. The van der Waals surface area contributed by atoms with Crippen LogP contribution in [-0.4, -0.2) is 32.2 Å². The molecule has 0 bridgehead atoms. The fourth-order valence-electron chi connectivity index (χ4n) is 3.40. The number of para-hydroxylation sites is 1. The molecule has 5 heteroatoms. The molecule has 2 unspecified atom stereocenters. The molecule has 0 aromatic heterocycles. The third kappa shape index (κ3) is 2.83. The summed E-state index contributed by atoms with van der Waals surface area (Å²) in [5, 5.41) is 6.36. The summed E-state index contributed by atoms with van der Waals surface area (Å²) in [6.07, 6.45) is 0. The van der Waals surface area contributed by atoms with Crippen LogP contribution in [0.15, 0.2) is 48.5 Å². The van der Waals surface area contributed by atoms with Crippen molar-refractivity contribution in [2.45, 2.75) is 5.92 Å². The lowest BCUT2D eigenvalue weighted by Gasteiger charge is -2.23. The molecule has 1 amide bonds. The van der Waals surface area contributed by atoms with Crippen LogP contribution in [0.5, 0.6) is 11.5 Å². The van der Waals surface area contributed by atoms with Crippen molar-refractivity contribution in [1.29, 1.82) is 0 Å². The number of benzene rings is 2. The van der Waals surface area contributed by atoms with Crippen LogP contribution in [0, 0.1) is 5.92 Å². The molecule has 4 rings (SSSR count). The van der Waals surface area contributed by atoms with Crippen LogP contribution in [0.2, 0.25) is 0 Å². The molecule has 124 valence electrons. The van der Waals surface area contributed by atoms with Crippen molar-refractivity contribution in [3.63, 3.8) is 0 Å². The predicted octanol–water partition coefficient (Wildman–Crippen LogP) is 2.40. The summed E-state index contributed by atoms with van der Waals surface area (Å²) >= 11 is 0. The maximum atomic E-state index is 12.8. The van der Waals surface area contributed by atoms with Crippen LogP contribution in [0.4, 0.5) is 5.69 Å². The van der Waals surface area contributed by atoms with Crippen molar-refractivity contribution in [3.8, 4) is 11.5 Å².